The lowest BCUT2D eigenvalue weighted by Gasteiger charge is -2.49. The fraction of sp³-hybridized carbons (Fsp3) is 0.438. The fourth-order valence-corrected chi connectivity index (χ4v) is 5.13. The van der Waals surface area contributed by atoms with E-state index in [4.69, 9.17) is 9.72 Å². The summed E-state index contributed by atoms with van der Waals surface area (Å²) in [5.41, 5.74) is 3.94. The first-order chi connectivity index (χ1) is 18.7. The minimum atomic E-state index is -0.510. The number of pyridine rings is 1. The van der Waals surface area contributed by atoms with Crippen LogP contribution in [-0.2, 0) is 5.41 Å². The van der Waals surface area contributed by atoms with Crippen molar-refractivity contribution in [3.63, 3.8) is 0 Å². The summed E-state index contributed by atoms with van der Waals surface area (Å²) in [5.74, 6) is 0.575. The topological polar surface area (TPSA) is 60.9 Å². The molecule has 214 valence electrons. The van der Waals surface area contributed by atoms with Gasteiger partial charge in [0.15, 0.2) is 11.6 Å². The van der Waals surface area contributed by atoms with Crippen molar-refractivity contribution in [2.75, 3.05) is 56.0 Å². The van der Waals surface area contributed by atoms with Crippen LogP contribution < -0.4 is 19.9 Å². The number of nitrogens with zero attached hydrogens (tertiary/aromatic N) is 4. The molecule has 1 fully saturated rings. The third-order valence-electron chi connectivity index (χ3n) is 7.54. The molecule has 3 aromatic rings. The van der Waals surface area contributed by atoms with Crippen molar-refractivity contribution in [3.05, 3.63) is 71.0 Å². The number of carbonyl (C=O) groups is 1. The molecule has 1 N–H and O–H groups in total. The number of carbonyl (C=O) groups excluding carboxylic acids is 1. The van der Waals surface area contributed by atoms with E-state index in [1.165, 1.54) is 11.0 Å². The number of amides is 1. The first kappa shape index (κ1) is 29.2. The van der Waals surface area contributed by atoms with Gasteiger partial charge in [0, 0.05) is 45.1 Å². The van der Waals surface area contributed by atoms with Crippen LogP contribution in [-0.4, -0.2) is 62.2 Å². The molecule has 7 nitrogen and oxygen atoms in total. The normalized spacial score (nSPS) is 15.2. The maximum atomic E-state index is 15.7. The van der Waals surface area contributed by atoms with E-state index in [0.717, 1.165) is 28.3 Å². The van der Waals surface area contributed by atoms with Crippen LogP contribution >= 0.6 is 0 Å². The number of piperazine rings is 1. The van der Waals surface area contributed by atoms with Gasteiger partial charge < -0.3 is 24.8 Å². The number of halogens is 1. The molecule has 2 heterocycles. The molecule has 0 atom stereocenters. The van der Waals surface area contributed by atoms with Gasteiger partial charge in [0.25, 0.3) is 5.91 Å². The smallest absolute Gasteiger partial charge is 0.257 e. The highest BCUT2D eigenvalue weighted by Gasteiger charge is 2.36. The highest BCUT2D eigenvalue weighted by molar-refractivity contribution is 5.99. The molecule has 8 heteroatoms. The number of aromatic nitrogens is 1. The van der Waals surface area contributed by atoms with Crippen LogP contribution in [0.5, 0.6) is 5.75 Å². The summed E-state index contributed by atoms with van der Waals surface area (Å²) in [6.07, 6.45) is 0. The first-order valence-electron chi connectivity index (χ1n) is 13.7. The van der Waals surface area contributed by atoms with E-state index in [1.54, 1.807) is 21.2 Å². The van der Waals surface area contributed by atoms with Gasteiger partial charge in [-0.3, -0.25) is 4.79 Å². The third kappa shape index (κ3) is 6.01. The van der Waals surface area contributed by atoms with Gasteiger partial charge >= 0.3 is 0 Å². The average molecular weight is 548 g/mol. The van der Waals surface area contributed by atoms with Crippen molar-refractivity contribution in [2.24, 2.45) is 0 Å². The molecule has 0 unspecified atom stereocenters. The predicted molar refractivity (Wildman–Crippen MR) is 162 cm³/mol. The zero-order valence-electron chi connectivity index (χ0n) is 25.2. The fourth-order valence-electron chi connectivity index (χ4n) is 5.13. The van der Waals surface area contributed by atoms with Gasteiger partial charge in [-0.15, -0.1) is 0 Å². The first-order valence-corrected chi connectivity index (χ1v) is 13.7. The Morgan fingerprint density at radius 2 is 1.75 bits per heavy atom. The van der Waals surface area contributed by atoms with Gasteiger partial charge in [-0.2, -0.15) is 0 Å². The van der Waals surface area contributed by atoms with Crippen LogP contribution in [0, 0.1) is 12.7 Å². The second-order valence-electron chi connectivity index (χ2n) is 12.4. The number of benzene rings is 2. The summed E-state index contributed by atoms with van der Waals surface area (Å²) < 4.78 is 21.0. The van der Waals surface area contributed by atoms with Gasteiger partial charge in [0.05, 0.1) is 18.2 Å². The zero-order valence-corrected chi connectivity index (χ0v) is 25.2. The number of ether oxygens (including phenoxy) is 1. The third-order valence-corrected chi connectivity index (χ3v) is 7.54. The van der Waals surface area contributed by atoms with E-state index in [-0.39, 0.29) is 28.2 Å². The summed E-state index contributed by atoms with van der Waals surface area (Å²) in [6.45, 7) is 14.6. The van der Waals surface area contributed by atoms with Gasteiger partial charge in [-0.05, 0) is 73.7 Å². The van der Waals surface area contributed by atoms with Crippen LogP contribution in [0.3, 0.4) is 0 Å². The highest BCUT2D eigenvalue weighted by atomic mass is 19.1. The number of methoxy groups -OCH3 is 1. The number of hydrogen-bond acceptors (Lipinski definition) is 6. The van der Waals surface area contributed by atoms with Crippen LogP contribution in [0.25, 0.3) is 0 Å². The molecule has 0 saturated carbocycles. The van der Waals surface area contributed by atoms with E-state index in [1.807, 2.05) is 36.1 Å². The van der Waals surface area contributed by atoms with Crippen LogP contribution in [0.2, 0.25) is 0 Å². The lowest BCUT2D eigenvalue weighted by Crippen LogP contribution is -2.60. The van der Waals surface area contributed by atoms with Gasteiger partial charge in [-0.25, -0.2) is 9.37 Å². The van der Waals surface area contributed by atoms with E-state index < -0.39 is 5.82 Å². The van der Waals surface area contributed by atoms with Crippen LogP contribution in [0.4, 0.5) is 27.4 Å². The van der Waals surface area contributed by atoms with E-state index in [2.05, 4.69) is 63.0 Å². The molecule has 0 spiro atoms. The zero-order chi connectivity index (χ0) is 29.4. The Hall–Kier alpha value is -3.81. The lowest BCUT2D eigenvalue weighted by molar-refractivity contribution is 0.0827. The van der Waals surface area contributed by atoms with Crippen molar-refractivity contribution >= 4 is 28.9 Å². The van der Waals surface area contributed by atoms with Crippen molar-refractivity contribution in [1.29, 1.82) is 0 Å². The minimum absolute atomic E-state index is 0.0526. The molecule has 0 aliphatic carbocycles. The van der Waals surface area contributed by atoms with E-state index in [9.17, 15) is 4.79 Å². The largest absolute Gasteiger partial charge is 0.497 e. The average Bonchev–Trinajstić information content (AvgIpc) is 2.89. The number of nitrogens with one attached hydrogen (secondary N) is 1. The predicted octanol–water partition coefficient (Wildman–Crippen LogP) is 6.39. The Kier molecular flexibility index (Phi) is 8.01. The number of hydrogen-bond donors (Lipinski definition) is 1. The summed E-state index contributed by atoms with van der Waals surface area (Å²) in [5, 5.41) is 3.39. The van der Waals surface area contributed by atoms with Crippen molar-refractivity contribution < 1.29 is 13.9 Å². The molecule has 2 aromatic carbocycles. The van der Waals surface area contributed by atoms with Gasteiger partial charge in [-0.1, -0.05) is 32.9 Å². The molecule has 1 saturated heterocycles. The SMILES string of the molecule is COc1ccc(N2CCN(c3nc(Nc4cc(C(C)(C)C)ccc4C)c(C(=O)N(C)C)cc3F)CC2(C)C)cc1. The second kappa shape index (κ2) is 11.0. The number of aryl methyl sites for hydroxylation is 1. The Labute approximate surface area is 238 Å². The summed E-state index contributed by atoms with van der Waals surface area (Å²) in [4.78, 5) is 23.6. The molecule has 0 bridgehead atoms. The Morgan fingerprint density at radius 1 is 1.07 bits per heavy atom. The molecule has 40 heavy (non-hydrogen) atoms. The molecule has 4 rings (SSSR count). The Balaban J connectivity index is 1.70. The molecule has 1 aliphatic rings. The molecular weight excluding hydrogens is 505 g/mol. The number of rotatable bonds is 6. The molecule has 1 aromatic heterocycles. The van der Waals surface area contributed by atoms with Crippen LogP contribution in [0.1, 0.15) is 56.1 Å². The van der Waals surface area contributed by atoms with Crippen LogP contribution in [0.15, 0.2) is 48.5 Å². The molecule has 0 radical (unpaired) electrons. The number of anilines is 4. The minimum Gasteiger partial charge on any atom is -0.497 e. The Bertz CT molecular complexity index is 1380. The van der Waals surface area contributed by atoms with E-state index >= 15 is 4.39 Å². The molecular formula is C32H42FN5O2. The van der Waals surface area contributed by atoms with Crippen molar-refractivity contribution in [3.8, 4) is 5.75 Å². The summed E-state index contributed by atoms with van der Waals surface area (Å²) in [7, 11) is 4.97. The maximum Gasteiger partial charge on any atom is 0.257 e. The Morgan fingerprint density at radius 3 is 2.33 bits per heavy atom. The van der Waals surface area contributed by atoms with Crippen molar-refractivity contribution in [2.45, 2.75) is 52.5 Å². The highest BCUT2D eigenvalue weighted by Crippen LogP contribution is 2.35. The second-order valence-corrected chi connectivity index (χ2v) is 12.4. The van der Waals surface area contributed by atoms with E-state index in [0.29, 0.717) is 25.5 Å². The lowest BCUT2D eigenvalue weighted by atomic mass is 9.86. The summed E-state index contributed by atoms with van der Waals surface area (Å²) >= 11 is 0. The van der Waals surface area contributed by atoms with Crippen molar-refractivity contribution in [1.82, 2.24) is 9.88 Å². The quantitative estimate of drug-likeness (QED) is 0.386. The molecule has 1 amide bonds. The van der Waals surface area contributed by atoms with Gasteiger partial charge in [0.1, 0.15) is 11.6 Å². The standard InChI is InChI=1S/C32H42FN5O2/c1-21-10-11-22(31(2,3)4)18-27(21)34-28-25(30(39)36(7)8)19-26(33)29(35-28)37-16-17-38(32(5,6)20-37)23-12-14-24(40-9)15-13-23/h10-15,18-19H,16-17,20H2,1-9H3,(H,34,35). The summed E-state index contributed by atoms with van der Waals surface area (Å²) in [6, 6.07) is 15.6. The maximum absolute atomic E-state index is 15.7. The molecule has 1 aliphatic heterocycles. The van der Waals surface area contributed by atoms with Gasteiger partial charge in [0.2, 0.25) is 0 Å². The monoisotopic (exact) mass is 547 g/mol.